The van der Waals surface area contributed by atoms with E-state index in [4.69, 9.17) is 0 Å². The van der Waals surface area contributed by atoms with Crippen molar-refractivity contribution in [3.8, 4) is 0 Å². The molecule has 0 spiro atoms. The van der Waals surface area contributed by atoms with E-state index in [0.717, 1.165) is 47.8 Å². The molecule has 0 unspecified atom stereocenters. The Morgan fingerprint density at radius 1 is 1.29 bits per heavy atom. The summed E-state index contributed by atoms with van der Waals surface area (Å²) in [5.74, 6) is 0. The normalized spacial score (nSPS) is 14.2. The van der Waals surface area contributed by atoms with Crippen LogP contribution in [0.15, 0.2) is 23.0 Å². The zero-order valence-electron chi connectivity index (χ0n) is 10.4. The molecule has 1 aliphatic carbocycles. The molecule has 17 heavy (non-hydrogen) atoms. The van der Waals surface area contributed by atoms with E-state index in [1.807, 2.05) is 13.0 Å². The molecular weight excluding hydrogens is 210 g/mol. The third kappa shape index (κ3) is 1.43. The second kappa shape index (κ2) is 3.73. The summed E-state index contributed by atoms with van der Waals surface area (Å²) in [6.45, 7) is 5.15. The van der Waals surface area contributed by atoms with Crippen LogP contribution in [0.4, 0.5) is 0 Å². The first-order valence-corrected chi connectivity index (χ1v) is 6.37. The second-order valence-corrected chi connectivity index (χ2v) is 4.87. The van der Waals surface area contributed by atoms with Crippen LogP contribution >= 0.6 is 0 Å². The number of aryl methyl sites for hydroxylation is 2. The molecule has 2 heteroatoms. The molecule has 1 aromatic heterocycles. The van der Waals surface area contributed by atoms with E-state index >= 15 is 0 Å². The van der Waals surface area contributed by atoms with Crippen molar-refractivity contribution in [2.75, 3.05) is 0 Å². The highest BCUT2D eigenvalue weighted by Crippen LogP contribution is 2.24. The fourth-order valence-electron chi connectivity index (χ4n) is 3.01. The van der Waals surface area contributed by atoms with Crippen molar-refractivity contribution >= 4 is 10.9 Å². The Balaban J connectivity index is 2.51. The van der Waals surface area contributed by atoms with Crippen molar-refractivity contribution in [2.45, 2.75) is 39.7 Å². The van der Waals surface area contributed by atoms with Crippen LogP contribution in [0.5, 0.6) is 0 Å². The molecule has 0 radical (unpaired) electrons. The van der Waals surface area contributed by atoms with Gasteiger partial charge in [-0.2, -0.15) is 0 Å². The van der Waals surface area contributed by atoms with Crippen molar-refractivity contribution in [1.82, 2.24) is 4.57 Å². The molecule has 2 aromatic rings. The Morgan fingerprint density at radius 2 is 2.12 bits per heavy atom. The van der Waals surface area contributed by atoms with Gasteiger partial charge < -0.3 is 4.57 Å². The molecule has 0 bridgehead atoms. The molecule has 0 saturated carbocycles. The second-order valence-electron chi connectivity index (χ2n) is 4.87. The van der Waals surface area contributed by atoms with Crippen molar-refractivity contribution in [2.24, 2.45) is 0 Å². The molecule has 1 aliphatic rings. The number of aromatic nitrogens is 1. The molecule has 0 atom stereocenters. The van der Waals surface area contributed by atoms with Crippen LogP contribution in [-0.2, 0) is 19.4 Å². The van der Waals surface area contributed by atoms with Gasteiger partial charge in [-0.15, -0.1) is 0 Å². The van der Waals surface area contributed by atoms with Crippen molar-refractivity contribution in [3.63, 3.8) is 0 Å². The van der Waals surface area contributed by atoms with Crippen molar-refractivity contribution < 1.29 is 0 Å². The van der Waals surface area contributed by atoms with E-state index in [9.17, 15) is 4.79 Å². The highest BCUT2D eigenvalue weighted by molar-refractivity contribution is 5.81. The number of benzene rings is 1. The smallest absolute Gasteiger partial charge is 0.192 e. The fraction of sp³-hybridized carbons (Fsp3) is 0.400. The van der Waals surface area contributed by atoms with Gasteiger partial charge in [0, 0.05) is 23.2 Å². The molecule has 0 aliphatic heterocycles. The Bertz CT molecular complexity index is 652. The van der Waals surface area contributed by atoms with Gasteiger partial charge in [0.05, 0.1) is 5.52 Å². The Labute approximate surface area is 101 Å². The van der Waals surface area contributed by atoms with Crippen LogP contribution < -0.4 is 5.43 Å². The van der Waals surface area contributed by atoms with Gasteiger partial charge in [-0.1, -0.05) is 11.6 Å². The zero-order chi connectivity index (χ0) is 12.0. The van der Waals surface area contributed by atoms with E-state index in [1.165, 1.54) is 5.69 Å². The average Bonchev–Trinajstić information content (AvgIpc) is 2.80. The topological polar surface area (TPSA) is 22.0 Å². The predicted molar refractivity (Wildman–Crippen MR) is 70.6 cm³/mol. The number of nitrogens with zero attached hydrogens (tertiary/aromatic N) is 1. The summed E-state index contributed by atoms with van der Waals surface area (Å²) >= 11 is 0. The van der Waals surface area contributed by atoms with E-state index in [1.54, 1.807) is 0 Å². The molecule has 0 saturated heterocycles. The first kappa shape index (κ1) is 10.6. The lowest BCUT2D eigenvalue weighted by molar-refractivity contribution is 0.733. The largest absolute Gasteiger partial charge is 0.344 e. The maximum Gasteiger partial charge on any atom is 0.192 e. The monoisotopic (exact) mass is 227 g/mol. The Hall–Kier alpha value is -1.57. The highest BCUT2D eigenvalue weighted by atomic mass is 16.1. The number of rotatable bonds is 1. The number of hydrogen-bond donors (Lipinski definition) is 0. The van der Waals surface area contributed by atoms with Crippen LogP contribution in [-0.4, -0.2) is 4.57 Å². The van der Waals surface area contributed by atoms with Gasteiger partial charge >= 0.3 is 0 Å². The van der Waals surface area contributed by atoms with Crippen LogP contribution in [0.2, 0.25) is 0 Å². The van der Waals surface area contributed by atoms with Gasteiger partial charge in [0.15, 0.2) is 5.43 Å². The fourth-order valence-corrected chi connectivity index (χ4v) is 3.01. The Kier molecular flexibility index (Phi) is 2.32. The first-order valence-electron chi connectivity index (χ1n) is 6.37. The lowest BCUT2D eigenvalue weighted by Gasteiger charge is -2.15. The summed E-state index contributed by atoms with van der Waals surface area (Å²) < 4.78 is 2.32. The van der Waals surface area contributed by atoms with Crippen LogP contribution in [0.3, 0.4) is 0 Å². The van der Waals surface area contributed by atoms with Crippen LogP contribution in [0.25, 0.3) is 10.9 Å². The summed E-state index contributed by atoms with van der Waals surface area (Å²) in [5.41, 5.74) is 4.86. The SMILES string of the molecule is CCn1c2c(c(=O)c3cc(C)ccc31)CCC2. The van der Waals surface area contributed by atoms with Crippen LogP contribution in [0, 0.1) is 6.92 Å². The number of pyridine rings is 1. The van der Waals surface area contributed by atoms with Gasteiger partial charge in [0.2, 0.25) is 0 Å². The van der Waals surface area contributed by atoms with Gasteiger partial charge in [0.25, 0.3) is 0 Å². The van der Waals surface area contributed by atoms with Crippen molar-refractivity contribution in [1.29, 1.82) is 0 Å². The molecule has 0 amide bonds. The Morgan fingerprint density at radius 3 is 2.88 bits per heavy atom. The van der Waals surface area contributed by atoms with Gasteiger partial charge in [-0.25, -0.2) is 0 Å². The minimum atomic E-state index is 0.265. The number of fused-ring (bicyclic) bond motifs is 2. The quantitative estimate of drug-likeness (QED) is 0.734. The summed E-state index contributed by atoms with van der Waals surface area (Å²) in [5, 5.41) is 0.896. The molecule has 2 nitrogen and oxygen atoms in total. The summed E-state index contributed by atoms with van der Waals surface area (Å²) in [7, 11) is 0. The molecule has 88 valence electrons. The maximum atomic E-state index is 12.4. The predicted octanol–water partition coefficient (Wildman–Crippen LogP) is 2.82. The highest BCUT2D eigenvalue weighted by Gasteiger charge is 2.20. The van der Waals surface area contributed by atoms with E-state index in [0.29, 0.717) is 0 Å². The van der Waals surface area contributed by atoms with Gasteiger partial charge in [0.1, 0.15) is 0 Å². The summed E-state index contributed by atoms with van der Waals surface area (Å²) in [6, 6.07) is 6.21. The maximum absolute atomic E-state index is 12.4. The molecule has 1 heterocycles. The minimum Gasteiger partial charge on any atom is -0.344 e. The number of hydrogen-bond acceptors (Lipinski definition) is 1. The summed E-state index contributed by atoms with van der Waals surface area (Å²) in [4.78, 5) is 12.4. The molecule has 3 rings (SSSR count). The van der Waals surface area contributed by atoms with Gasteiger partial charge in [-0.3, -0.25) is 4.79 Å². The third-order valence-electron chi connectivity index (χ3n) is 3.79. The van der Waals surface area contributed by atoms with E-state index in [-0.39, 0.29) is 5.43 Å². The van der Waals surface area contributed by atoms with E-state index < -0.39 is 0 Å². The standard InChI is InChI=1S/C15H17NO/c1-3-16-13-6-4-5-11(13)15(17)12-9-10(2)7-8-14(12)16/h7-9H,3-6H2,1-2H3. The lowest BCUT2D eigenvalue weighted by atomic mass is 10.1. The van der Waals surface area contributed by atoms with Crippen molar-refractivity contribution in [3.05, 3.63) is 45.2 Å². The van der Waals surface area contributed by atoms with Gasteiger partial charge in [-0.05, 0) is 45.2 Å². The molecule has 1 aromatic carbocycles. The lowest BCUT2D eigenvalue weighted by Crippen LogP contribution is -2.16. The van der Waals surface area contributed by atoms with E-state index in [2.05, 4.69) is 23.6 Å². The molecule has 0 N–H and O–H groups in total. The summed E-state index contributed by atoms with van der Waals surface area (Å²) in [6.07, 6.45) is 3.14. The molecule has 0 fully saturated rings. The third-order valence-corrected chi connectivity index (χ3v) is 3.79. The molecular formula is C15H17NO. The average molecular weight is 227 g/mol. The minimum absolute atomic E-state index is 0.265. The van der Waals surface area contributed by atoms with Crippen LogP contribution in [0.1, 0.15) is 30.2 Å². The first-order chi connectivity index (χ1) is 8.22. The zero-order valence-corrected chi connectivity index (χ0v) is 10.4.